The van der Waals surface area contributed by atoms with E-state index in [0.717, 1.165) is 37.3 Å². The largest absolute Gasteiger partial charge is 0.478 e. The van der Waals surface area contributed by atoms with Gasteiger partial charge in [0.1, 0.15) is 17.9 Å². The molecule has 0 spiro atoms. The van der Waals surface area contributed by atoms with E-state index in [1.807, 2.05) is 27.0 Å². The van der Waals surface area contributed by atoms with Crippen LogP contribution in [0, 0.1) is 5.92 Å². The van der Waals surface area contributed by atoms with Crippen molar-refractivity contribution in [3.05, 3.63) is 41.5 Å². The zero-order chi connectivity index (χ0) is 18.3. The van der Waals surface area contributed by atoms with Gasteiger partial charge in [-0.3, -0.25) is 9.48 Å². The van der Waals surface area contributed by atoms with Gasteiger partial charge in [0.05, 0.1) is 6.04 Å². The number of carbonyl (C=O) groups excluding carboxylic acids is 1. The first-order valence-electron chi connectivity index (χ1n) is 9.40. The molecular weight excluding hydrogens is 328 g/mol. The lowest BCUT2D eigenvalue weighted by molar-refractivity contribution is -0.135. The quantitative estimate of drug-likeness (QED) is 0.866. The molecule has 2 aliphatic carbocycles. The summed E-state index contributed by atoms with van der Waals surface area (Å²) in [4.78, 5) is 17.3. The zero-order valence-electron chi connectivity index (χ0n) is 15.7. The Morgan fingerprint density at radius 3 is 2.77 bits per heavy atom. The number of aromatic nitrogens is 3. The van der Waals surface area contributed by atoms with Gasteiger partial charge in [0, 0.05) is 7.05 Å². The number of fused-ring (bicyclic) bond motifs is 1. The zero-order valence-corrected chi connectivity index (χ0v) is 15.7. The number of nitrogens with one attached hydrogen (secondary N) is 1. The molecule has 0 radical (unpaired) electrons. The van der Waals surface area contributed by atoms with E-state index in [1.165, 1.54) is 23.9 Å². The van der Waals surface area contributed by atoms with Gasteiger partial charge in [-0.2, -0.15) is 5.10 Å². The van der Waals surface area contributed by atoms with E-state index in [9.17, 15) is 4.79 Å². The predicted molar refractivity (Wildman–Crippen MR) is 97.8 cm³/mol. The molecule has 138 valence electrons. The highest BCUT2D eigenvalue weighted by molar-refractivity contribution is 5.85. The summed E-state index contributed by atoms with van der Waals surface area (Å²) in [6.45, 7) is 3.63. The smallest absolute Gasteiger partial charge is 0.264 e. The van der Waals surface area contributed by atoms with Crippen LogP contribution in [0.15, 0.2) is 24.5 Å². The Labute approximate surface area is 154 Å². The van der Waals surface area contributed by atoms with Crippen LogP contribution in [-0.2, 0) is 24.7 Å². The van der Waals surface area contributed by atoms with E-state index in [0.29, 0.717) is 5.92 Å². The summed E-state index contributed by atoms with van der Waals surface area (Å²) in [7, 11) is 1.86. The first-order chi connectivity index (χ1) is 12.4. The molecule has 1 N–H and O–H groups in total. The highest BCUT2D eigenvalue weighted by Gasteiger charge is 2.40. The second kappa shape index (κ2) is 6.41. The van der Waals surface area contributed by atoms with Crippen LogP contribution in [0.2, 0.25) is 0 Å². The van der Waals surface area contributed by atoms with Crippen molar-refractivity contribution in [1.29, 1.82) is 0 Å². The lowest BCUT2D eigenvalue weighted by atomic mass is 10.1. The molecule has 1 saturated carbocycles. The average Bonchev–Trinajstić information content (AvgIpc) is 3.18. The monoisotopic (exact) mass is 354 g/mol. The normalized spacial score (nSPS) is 17.7. The van der Waals surface area contributed by atoms with E-state index in [4.69, 9.17) is 4.74 Å². The fraction of sp³-hybridized carbons (Fsp3) is 0.550. The number of hydrogen-bond donors (Lipinski definition) is 1. The highest BCUT2D eigenvalue weighted by atomic mass is 16.5. The lowest BCUT2D eigenvalue weighted by Gasteiger charge is -2.28. The lowest BCUT2D eigenvalue weighted by Crippen LogP contribution is -2.48. The molecule has 6 heteroatoms. The maximum absolute atomic E-state index is 13.0. The van der Waals surface area contributed by atoms with Crippen molar-refractivity contribution >= 4 is 5.91 Å². The van der Waals surface area contributed by atoms with Gasteiger partial charge in [-0.15, -0.1) is 0 Å². The van der Waals surface area contributed by atoms with Crippen molar-refractivity contribution in [3.8, 4) is 5.75 Å². The molecule has 4 rings (SSSR count). The van der Waals surface area contributed by atoms with Crippen LogP contribution in [0.1, 0.15) is 56.1 Å². The summed E-state index contributed by atoms with van der Waals surface area (Å²) < 4.78 is 7.82. The van der Waals surface area contributed by atoms with Crippen LogP contribution in [0.4, 0.5) is 0 Å². The fourth-order valence-electron chi connectivity index (χ4n) is 3.68. The van der Waals surface area contributed by atoms with Gasteiger partial charge >= 0.3 is 0 Å². The Morgan fingerprint density at radius 2 is 2.08 bits per heavy atom. The number of carbonyl (C=O) groups is 1. The molecule has 0 aliphatic heterocycles. The van der Waals surface area contributed by atoms with Gasteiger partial charge in [0.2, 0.25) is 0 Å². The SMILES string of the molecule is Cn1ncnc1C(NC(=O)C(C)(C)Oc1ccc2c(c1)CCC2)C1CC1. The minimum atomic E-state index is -0.960. The minimum Gasteiger partial charge on any atom is -0.478 e. The van der Waals surface area contributed by atoms with Crippen LogP contribution in [0.3, 0.4) is 0 Å². The van der Waals surface area contributed by atoms with Crippen LogP contribution in [0.25, 0.3) is 0 Å². The second-order valence-corrected chi connectivity index (χ2v) is 7.93. The van der Waals surface area contributed by atoms with E-state index >= 15 is 0 Å². The van der Waals surface area contributed by atoms with Gasteiger partial charge in [-0.05, 0) is 75.1 Å². The first kappa shape index (κ1) is 17.1. The third-order valence-corrected chi connectivity index (χ3v) is 5.39. The number of aryl methyl sites for hydroxylation is 3. The van der Waals surface area contributed by atoms with E-state index in [2.05, 4.69) is 27.5 Å². The van der Waals surface area contributed by atoms with Crippen LogP contribution in [0.5, 0.6) is 5.75 Å². The van der Waals surface area contributed by atoms with Crippen LogP contribution in [-0.4, -0.2) is 26.3 Å². The van der Waals surface area contributed by atoms with Crippen LogP contribution < -0.4 is 10.1 Å². The molecule has 26 heavy (non-hydrogen) atoms. The maximum atomic E-state index is 13.0. The van der Waals surface area contributed by atoms with E-state index in [1.54, 1.807) is 4.68 Å². The summed E-state index contributed by atoms with van der Waals surface area (Å²) in [6, 6.07) is 6.06. The number of nitrogens with zero attached hydrogens (tertiary/aromatic N) is 3. The third-order valence-electron chi connectivity index (χ3n) is 5.39. The van der Waals surface area contributed by atoms with Gasteiger partial charge in [0.15, 0.2) is 5.60 Å². The van der Waals surface area contributed by atoms with Crippen molar-refractivity contribution in [2.75, 3.05) is 0 Å². The molecule has 2 aromatic rings. The summed E-state index contributed by atoms with van der Waals surface area (Å²) in [5.74, 6) is 1.86. The van der Waals surface area contributed by atoms with Gasteiger partial charge < -0.3 is 10.1 Å². The van der Waals surface area contributed by atoms with Crippen molar-refractivity contribution in [2.24, 2.45) is 13.0 Å². The van der Waals surface area contributed by atoms with Gasteiger partial charge in [-0.25, -0.2) is 4.98 Å². The Bertz CT molecular complexity index is 823. The van der Waals surface area contributed by atoms with Crippen molar-refractivity contribution < 1.29 is 9.53 Å². The van der Waals surface area contributed by atoms with E-state index in [-0.39, 0.29) is 11.9 Å². The molecular formula is C20H26N4O2. The Kier molecular flexibility index (Phi) is 4.21. The third kappa shape index (κ3) is 3.32. The maximum Gasteiger partial charge on any atom is 0.264 e. The standard InChI is InChI=1S/C20H26N4O2/c1-20(2,26-16-10-9-13-5-4-6-15(13)11-16)19(25)23-17(14-7-8-14)18-21-12-22-24(18)3/h9-12,14,17H,4-8H2,1-3H3,(H,23,25). The average molecular weight is 354 g/mol. The fourth-order valence-corrected chi connectivity index (χ4v) is 3.68. The van der Waals surface area contributed by atoms with Crippen molar-refractivity contribution in [2.45, 2.75) is 57.6 Å². The van der Waals surface area contributed by atoms with Crippen molar-refractivity contribution in [3.63, 3.8) is 0 Å². The number of rotatable bonds is 6. The number of ether oxygens (including phenoxy) is 1. The predicted octanol–water partition coefficient (Wildman–Crippen LogP) is 2.73. The molecule has 1 unspecified atom stereocenters. The molecule has 0 saturated heterocycles. The second-order valence-electron chi connectivity index (χ2n) is 7.93. The van der Waals surface area contributed by atoms with Gasteiger partial charge in [-0.1, -0.05) is 6.07 Å². The van der Waals surface area contributed by atoms with Gasteiger partial charge in [0.25, 0.3) is 5.91 Å². The van der Waals surface area contributed by atoms with Crippen molar-refractivity contribution in [1.82, 2.24) is 20.1 Å². The Hall–Kier alpha value is -2.37. The topological polar surface area (TPSA) is 69.0 Å². The number of benzene rings is 1. The summed E-state index contributed by atoms with van der Waals surface area (Å²) in [5.41, 5.74) is 1.78. The van der Waals surface area contributed by atoms with E-state index < -0.39 is 5.60 Å². The highest BCUT2D eigenvalue weighted by Crippen LogP contribution is 2.40. The molecule has 1 aromatic heterocycles. The number of amides is 1. The first-order valence-corrected chi connectivity index (χ1v) is 9.40. The summed E-state index contributed by atoms with van der Waals surface area (Å²) in [6.07, 6.45) is 7.16. The molecule has 2 aliphatic rings. The Balaban J connectivity index is 1.48. The summed E-state index contributed by atoms with van der Waals surface area (Å²) in [5, 5.41) is 7.29. The molecule has 6 nitrogen and oxygen atoms in total. The molecule has 1 fully saturated rings. The molecule has 1 atom stereocenters. The molecule has 1 heterocycles. The Morgan fingerprint density at radius 1 is 1.31 bits per heavy atom. The molecule has 1 amide bonds. The summed E-state index contributed by atoms with van der Waals surface area (Å²) >= 11 is 0. The molecule has 0 bridgehead atoms. The minimum absolute atomic E-state index is 0.113. The number of hydrogen-bond acceptors (Lipinski definition) is 4. The molecule has 1 aromatic carbocycles. The van der Waals surface area contributed by atoms with Crippen LogP contribution >= 0.6 is 0 Å².